The van der Waals surface area contributed by atoms with Gasteiger partial charge in [0.15, 0.2) is 0 Å². The second-order valence-corrected chi connectivity index (χ2v) is 6.34. The van der Waals surface area contributed by atoms with E-state index >= 15 is 0 Å². The van der Waals surface area contributed by atoms with E-state index in [-0.39, 0.29) is 18.4 Å². The second kappa shape index (κ2) is 8.73. The molecule has 1 N–H and O–H groups in total. The number of rotatable bonds is 7. The number of halogens is 1. The standard InChI is InChI=1S/C18H24ClN3O2/c1-3-18(24)21(2)13-17(23)20-10-9-14-15(19)7-6-8-16(14)22-11-4-5-12-22/h3,6-8H,1,4-5,9-13H2,2H3,(H,20,23). The summed E-state index contributed by atoms with van der Waals surface area (Å²) in [4.78, 5) is 27.0. The van der Waals surface area contributed by atoms with Gasteiger partial charge in [-0.15, -0.1) is 0 Å². The van der Waals surface area contributed by atoms with Gasteiger partial charge in [-0.2, -0.15) is 0 Å². The Bertz CT molecular complexity index is 612. The van der Waals surface area contributed by atoms with Crippen molar-refractivity contribution < 1.29 is 9.59 Å². The van der Waals surface area contributed by atoms with Crippen molar-refractivity contribution in [3.63, 3.8) is 0 Å². The molecule has 0 unspecified atom stereocenters. The Morgan fingerprint density at radius 2 is 2.08 bits per heavy atom. The number of hydrogen-bond acceptors (Lipinski definition) is 3. The molecule has 0 radical (unpaired) electrons. The van der Waals surface area contributed by atoms with Gasteiger partial charge in [-0.3, -0.25) is 9.59 Å². The van der Waals surface area contributed by atoms with E-state index in [1.165, 1.54) is 23.8 Å². The van der Waals surface area contributed by atoms with Crippen LogP contribution in [0.2, 0.25) is 5.02 Å². The summed E-state index contributed by atoms with van der Waals surface area (Å²) in [6.45, 7) is 6.01. The Morgan fingerprint density at radius 1 is 1.38 bits per heavy atom. The first kappa shape index (κ1) is 18.3. The number of benzene rings is 1. The van der Waals surface area contributed by atoms with E-state index in [1.54, 1.807) is 7.05 Å². The molecule has 1 heterocycles. The Balaban J connectivity index is 1.91. The minimum Gasteiger partial charge on any atom is -0.371 e. The lowest BCUT2D eigenvalue weighted by Crippen LogP contribution is -2.38. The highest BCUT2D eigenvalue weighted by atomic mass is 35.5. The Hall–Kier alpha value is -2.01. The summed E-state index contributed by atoms with van der Waals surface area (Å²) in [7, 11) is 1.57. The van der Waals surface area contributed by atoms with Crippen LogP contribution in [0.1, 0.15) is 18.4 Å². The second-order valence-electron chi connectivity index (χ2n) is 5.93. The molecule has 0 atom stereocenters. The van der Waals surface area contributed by atoms with Crippen LogP contribution in [0.15, 0.2) is 30.9 Å². The third kappa shape index (κ3) is 4.74. The molecule has 130 valence electrons. The minimum absolute atomic E-state index is 0.0202. The van der Waals surface area contributed by atoms with Crippen LogP contribution in [0.3, 0.4) is 0 Å². The van der Waals surface area contributed by atoms with Crippen LogP contribution in [0.25, 0.3) is 0 Å². The normalized spacial score (nSPS) is 13.7. The lowest BCUT2D eigenvalue weighted by Gasteiger charge is -2.22. The highest BCUT2D eigenvalue weighted by Gasteiger charge is 2.17. The van der Waals surface area contributed by atoms with E-state index in [0.717, 1.165) is 29.4 Å². The molecule has 24 heavy (non-hydrogen) atoms. The average molecular weight is 350 g/mol. The molecule has 2 amide bonds. The zero-order chi connectivity index (χ0) is 17.5. The number of nitrogens with zero attached hydrogens (tertiary/aromatic N) is 2. The van der Waals surface area contributed by atoms with E-state index in [2.05, 4.69) is 22.9 Å². The number of amides is 2. The van der Waals surface area contributed by atoms with Gasteiger partial charge in [0.05, 0.1) is 6.54 Å². The van der Waals surface area contributed by atoms with Gasteiger partial charge >= 0.3 is 0 Å². The maximum Gasteiger partial charge on any atom is 0.246 e. The highest BCUT2D eigenvalue weighted by Crippen LogP contribution is 2.30. The molecule has 0 bridgehead atoms. The van der Waals surface area contributed by atoms with Crippen LogP contribution < -0.4 is 10.2 Å². The van der Waals surface area contributed by atoms with Crippen molar-refractivity contribution in [3.05, 3.63) is 41.4 Å². The molecule has 0 aliphatic carbocycles. The maximum absolute atomic E-state index is 11.9. The van der Waals surface area contributed by atoms with E-state index < -0.39 is 0 Å². The number of carbonyl (C=O) groups excluding carboxylic acids is 2. The number of carbonyl (C=O) groups is 2. The largest absolute Gasteiger partial charge is 0.371 e. The maximum atomic E-state index is 11.9. The van der Waals surface area contributed by atoms with Gasteiger partial charge < -0.3 is 15.1 Å². The predicted molar refractivity (Wildman–Crippen MR) is 97.4 cm³/mol. The summed E-state index contributed by atoms with van der Waals surface area (Å²) in [6, 6.07) is 5.94. The van der Waals surface area contributed by atoms with Crippen LogP contribution in [0.4, 0.5) is 5.69 Å². The van der Waals surface area contributed by atoms with Gasteiger partial charge in [0, 0.05) is 37.4 Å². The summed E-state index contributed by atoms with van der Waals surface area (Å²) in [5, 5.41) is 3.57. The van der Waals surface area contributed by atoms with Crippen molar-refractivity contribution in [1.82, 2.24) is 10.2 Å². The zero-order valence-electron chi connectivity index (χ0n) is 14.1. The van der Waals surface area contributed by atoms with Crippen molar-refractivity contribution >= 4 is 29.1 Å². The van der Waals surface area contributed by atoms with E-state index in [1.807, 2.05) is 12.1 Å². The molecule has 1 aromatic carbocycles. The van der Waals surface area contributed by atoms with Crippen molar-refractivity contribution in [2.45, 2.75) is 19.3 Å². The molecular weight excluding hydrogens is 326 g/mol. The van der Waals surface area contributed by atoms with E-state index in [9.17, 15) is 9.59 Å². The molecule has 0 saturated carbocycles. The van der Waals surface area contributed by atoms with Crippen molar-refractivity contribution in [3.8, 4) is 0 Å². The fourth-order valence-corrected chi connectivity index (χ4v) is 3.15. The van der Waals surface area contributed by atoms with Crippen LogP contribution in [0.5, 0.6) is 0 Å². The highest BCUT2D eigenvalue weighted by molar-refractivity contribution is 6.31. The molecular formula is C18H24ClN3O2. The zero-order valence-corrected chi connectivity index (χ0v) is 14.8. The van der Waals surface area contributed by atoms with Crippen LogP contribution in [-0.4, -0.2) is 49.9 Å². The molecule has 1 aromatic rings. The van der Waals surface area contributed by atoms with Gasteiger partial charge in [0.1, 0.15) is 0 Å². The molecule has 2 rings (SSSR count). The molecule has 1 fully saturated rings. The Kier molecular flexibility index (Phi) is 6.67. The Labute approximate surface area is 148 Å². The monoisotopic (exact) mass is 349 g/mol. The van der Waals surface area contributed by atoms with Gasteiger partial charge in [0.25, 0.3) is 0 Å². The third-order valence-electron chi connectivity index (χ3n) is 4.17. The molecule has 6 heteroatoms. The molecule has 1 aliphatic heterocycles. The van der Waals surface area contributed by atoms with Crippen LogP contribution >= 0.6 is 11.6 Å². The van der Waals surface area contributed by atoms with Crippen molar-refractivity contribution in [2.75, 3.05) is 38.1 Å². The quantitative estimate of drug-likeness (QED) is 0.768. The van der Waals surface area contributed by atoms with Gasteiger partial charge in [0.2, 0.25) is 11.8 Å². The molecule has 1 aliphatic rings. The van der Waals surface area contributed by atoms with Crippen LogP contribution in [-0.2, 0) is 16.0 Å². The minimum atomic E-state index is -0.271. The lowest BCUT2D eigenvalue weighted by atomic mass is 10.1. The first-order valence-corrected chi connectivity index (χ1v) is 8.57. The molecule has 0 aromatic heterocycles. The average Bonchev–Trinajstić information content (AvgIpc) is 3.09. The number of anilines is 1. The van der Waals surface area contributed by atoms with Crippen LogP contribution in [0, 0.1) is 0 Å². The topological polar surface area (TPSA) is 52.7 Å². The van der Waals surface area contributed by atoms with Gasteiger partial charge in [-0.1, -0.05) is 24.2 Å². The summed E-state index contributed by atoms with van der Waals surface area (Å²) in [6.07, 6.45) is 4.26. The predicted octanol–water partition coefficient (Wildman–Crippen LogP) is 2.24. The van der Waals surface area contributed by atoms with Gasteiger partial charge in [-0.05, 0) is 43.0 Å². The smallest absolute Gasteiger partial charge is 0.246 e. The SMILES string of the molecule is C=CC(=O)N(C)CC(=O)NCCc1c(Cl)cccc1N1CCCC1. The number of likely N-dealkylation sites (N-methyl/N-ethyl adjacent to an activating group) is 1. The third-order valence-corrected chi connectivity index (χ3v) is 4.52. The molecule has 5 nitrogen and oxygen atoms in total. The summed E-state index contributed by atoms with van der Waals surface area (Å²) in [5.41, 5.74) is 2.23. The first-order chi connectivity index (χ1) is 11.5. The first-order valence-electron chi connectivity index (χ1n) is 8.19. The fourth-order valence-electron chi connectivity index (χ4n) is 2.88. The van der Waals surface area contributed by atoms with Crippen molar-refractivity contribution in [2.24, 2.45) is 0 Å². The summed E-state index contributed by atoms with van der Waals surface area (Å²) in [5.74, 6) is -0.463. The molecule has 0 spiro atoms. The number of nitrogens with one attached hydrogen (secondary N) is 1. The fraction of sp³-hybridized carbons (Fsp3) is 0.444. The lowest BCUT2D eigenvalue weighted by molar-refractivity contribution is -0.131. The summed E-state index contributed by atoms with van der Waals surface area (Å²) < 4.78 is 0. The van der Waals surface area contributed by atoms with Crippen molar-refractivity contribution in [1.29, 1.82) is 0 Å². The molecule has 1 saturated heterocycles. The van der Waals surface area contributed by atoms with E-state index in [0.29, 0.717) is 13.0 Å². The summed E-state index contributed by atoms with van der Waals surface area (Å²) >= 11 is 6.36. The number of hydrogen-bond donors (Lipinski definition) is 1. The Morgan fingerprint density at radius 3 is 2.75 bits per heavy atom. The van der Waals surface area contributed by atoms with Gasteiger partial charge in [-0.25, -0.2) is 0 Å². The van der Waals surface area contributed by atoms with E-state index in [4.69, 9.17) is 11.6 Å².